The van der Waals surface area contributed by atoms with Gasteiger partial charge in [-0.2, -0.15) is 0 Å². The van der Waals surface area contributed by atoms with Crippen LogP contribution in [0, 0.1) is 5.82 Å². The van der Waals surface area contributed by atoms with Crippen LogP contribution in [0.2, 0.25) is 0 Å². The van der Waals surface area contributed by atoms with Crippen molar-refractivity contribution in [3.8, 4) is 5.75 Å². The van der Waals surface area contributed by atoms with Crippen LogP contribution in [-0.2, 0) is 6.42 Å². The summed E-state index contributed by atoms with van der Waals surface area (Å²) in [5, 5.41) is 0. The molecule has 0 aliphatic carbocycles. The summed E-state index contributed by atoms with van der Waals surface area (Å²) in [7, 11) is 0. The first-order chi connectivity index (χ1) is 9.68. The lowest BCUT2D eigenvalue weighted by molar-refractivity contribution is 0.291. The molecule has 2 N–H and O–H groups in total. The van der Waals surface area contributed by atoms with Gasteiger partial charge in [0.2, 0.25) is 0 Å². The zero-order valence-electron chi connectivity index (χ0n) is 11.7. The monoisotopic (exact) mass is 273 g/mol. The number of hydrogen-bond donors (Lipinski definition) is 1. The molecule has 2 nitrogen and oxygen atoms in total. The van der Waals surface area contributed by atoms with E-state index >= 15 is 0 Å². The quantitative estimate of drug-likeness (QED) is 0.811. The second-order valence-electron chi connectivity index (χ2n) is 4.88. The molecule has 3 heteroatoms. The number of hydrogen-bond acceptors (Lipinski definition) is 2. The van der Waals surface area contributed by atoms with Gasteiger partial charge in [0.25, 0.3) is 0 Å². The van der Waals surface area contributed by atoms with Crippen molar-refractivity contribution in [3.05, 3.63) is 65.5 Å². The number of aryl methyl sites for hydroxylation is 1. The van der Waals surface area contributed by atoms with E-state index in [9.17, 15) is 4.39 Å². The summed E-state index contributed by atoms with van der Waals surface area (Å²) in [4.78, 5) is 0. The zero-order valence-corrected chi connectivity index (χ0v) is 11.7. The number of halogens is 1. The Kier molecular flexibility index (Phi) is 5.13. The molecule has 0 saturated heterocycles. The topological polar surface area (TPSA) is 35.2 Å². The van der Waals surface area contributed by atoms with E-state index < -0.39 is 0 Å². The van der Waals surface area contributed by atoms with Gasteiger partial charge in [-0.1, -0.05) is 42.5 Å². The van der Waals surface area contributed by atoms with Crippen LogP contribution in [0.15, 0.2) is 48.5 Å². The predicted octanol–water partition coefficient (Wildman–Crippen LogP) is 3.86. The van der Waals surface area contributed by atoms with Gasteiger partial charge in [0.15, 0.2) is 11.6 Å². The molecule has 0 fully saturated rings. The first kappa shape index (κ1) is 14.5. The molecule has 0 heterocycles. The van der Waals surface area contributed by atoms with Gasteiger partial charge >= 0.3 is 0 Å². The number of ether oxygens (including phenoxy) is 1. The Morgan fingerprint density at radius 1 is 1.10 bits per heavy atom. The van der Waals surface area contributed by atoms with Gasteiger partial charge in [-0.05, 0) is 31.4 Å². The van der Waals surface area contributed by atoms with Gasteiger partial charge in [-0.15, -0.1) is 0 Å². The lowest BCUT2D eigenvalue weighted by Gasteiger charge is -2.14. The highest BCUT2D eigenvalue weighted by molar-refractivity contribution is 5.36. The van der Waals surface area contributed by atoms with Crippen molar-refractivity contribution < 1.29 is 9.13 Å². The fourth-order valence-corrected chi connectivity index (χ4v) is 2.13. The average Bonchev–Trinajstić information content (AvgIpc) is 2.45. The van der Waals surface area contributed by atoms with Gasteiger partial charge in [-0.3, -0.25) is 0 Å². The van der Waals surface area contributed by atoms with Crippen LogP contribution in [0.4, 0.5) is 4.39 Å². The van der Waals surface area contributed by atoms with Crippen molar-refractivity contribution in [1.82, 2.24) is 0 Å². The van der Waals surface area contributed by atoms with Crippen LogP contribution in [0.25, 0.3) is 0 Å². The molecule has 0 saturated carbocycles. The minimum absolute atomic E-state index is 0.241. The van der Waals surface area contributed by atoms with Crippen molar-refractivity contribution in [2.24, 2.45) is 5.73 Å². The Morgan fingerprint density at radius 3 is 2.55 bits per heavy atom. The van der Waals surface area contributed by atoms with Crippen molar-refractivity contribution >= 4 is 0 Å². The van der Waals surface area contributed by atoms with Crippen LogP contribution in [0.5, 0.6) is 5.75 Å². The summed E-state index contributed by atoms with van der Waals surface area (Å²) >= 11 is 0. The lowest BCUT2D eigenvalue weighted by Crippen LogP contribution is -2.10. The zero-order chi connectivity index (χ0) is 14.4. The van der Waals surface area contributed by atoms with E-state index in [4.69, 9.17) is 10.5 Å². The summed E-state index contributed by atoms with van der Waals surface area (Å²) in [6.07, 6.45) is 1.76. The van der Waals surface area contributed by atoms with E-state index in [-0.39, 0.29) is 17.6 Å². The van der Waals surface area contributed by atoms with Crippen molar-refractivity contribution in [2.75, 3.05) is 6.61 Å². The van der Waals surface area contributed by atoms with Gasteiger partial charge in [-0.25, -0.2) is 4.39 Å². The molecule has 0 spiro atoms. The van der Waals surface area contributed by atoms with E-state index in [0.29, 0.717) is 12.2 Å². The molecule has 106 valence electrons. The van der Waals surface area contributed by atoms with Gasteiger partial charge in [0.05, 0.1) is 6.61 Å². The fraction of sp³-hybridized carbons (Fsp3) is 0.294. The highest BCUT2D eigenvalue weighted by Crippen LogP contribution is 2.27. The highest BCUT2D eigenvalue weighted by atomic mass is 19.1. The third-order valence-electron chi connectivity index (χ3n) is 3.19. The number of nitrogens with two attached hydrogens (primary N) is 1. The summed E-state index contributed by atoms with van der Waals surface area (Å²) in [5.74, 6) is -0.0601. The number of benzene rings is 2. The molecule has 0 radical (unpaired) electrons. The highest BCUT2D eigenvalue weighted by Gasteiger charge is 2.12. The average molecular weight is 273 g/mol. The first-order valence-corrected chi connectivity index (χ1v) is 6.89. The Bertz CT molecular complexity index is 540. The molecule has 0 unspecified atom stereocenters. The molecule has 2 aromatic rings. The maximum Gasteiger partial charge on any atom is 0.165 e. The Morgan fingerprint density at radius 2 is 1.85 bits per heavy atom. The van der Waals surface area contributed by atoms with Crippen molar-refractivity contribution in [3.63, 3.8) is 0 Å². The normalized spacial score (nSPS) is 12.2. The van der Waals surface area contributed by atoms with Gasteiger partial charge < -0.3 is 10.5 Å². The maximum absolute atomic E-state index is 13.8. The van der Waals surface area contributed by atoms with Crippen LogP contribution in [0.1, 0.15) is 30.5 Å². The van der Waals surface area contributed by atoms with Crippen LogP contribution < -0.4 is 10.5 Å². The number of para-hydroxylation sites is 1. The predicted molar refractivity (Wildman–Crippen MR) is 79.3 cm³/mol. The SMILES string of the molecule is C[C@H](N)c1cccc(F)c1OCCCc1ccccc1. The van der Waals surface area contributed by atoms with Gasteiger partial charge in [0.1, 0.15) is 0 Å². The largest absolute Gasteiger partial charge is 0.490 e. The molecule has 0 amide bonds. The van der Waals surface area contributed by atoms with Crippen LogP contribution >= 0.6 is 0 Å². The Balaban J connectivity index is 1.91. The van der Waals surface area contributed by atoms with E-state index in [2.05, 4.69) is 12.1 Å². The fourth-order valence-electron chi connectivity index (χ4n) is 2.13. The molecule has 2 rings (SSSR count). The van der Waals surface area contributed by atoms with E-state index in [1.807, 2.05) is 25.1 Å². The van der Waals surface area contributed by atoms with Gasteiger partial charge in [0, 0.05) is 11.6 Å². The molecule has 0 bridgehead atoms. The smallest absolute Gasteiger partial charge is 0.165 e. The third-order valence-corrected chi connectivity index (χ3v) is 3.19. The molecule has 0 aromatic heterocycles. The molecular weight excluding hydrogens is 253 g/mol. The summed E-state index contributed by atoms with van der Waals surface area (Å²) in [5.41, 5.74) is 7.81. The molecular formula is C17H20FNO. The summed E-state index contributed by atoms with van der Waals surface area (Å²) in [6, 6.07) is 14.8. The Labute approximate surface area is 119 Å². The van der Waals surface area contributed by atoms with Crippen LogP contribution in [0.3, 0.4) is 0 Å². The Hall–Kier alpha value is -1.87. The first-order valence-electron chi connectivity index (χ1n) is 6.89. The molecule has 2 aromatic carbocycles. The van der Waals surface area contributed by atoms with Crippen LogP contribution in [-0.4, -0.2) is 6.61 Å². The molecule has 0 aliphatic rings. The summed E-state index contributed by atoms with van der Waals surface area (Å²) in [6.45, 7) is 2.31. The third kappa shape index (κ3) is 3.81. The molecule has 20 heavy (non-hydrogen) atoms. The maximum atomic E-state index is 13.8. The van der Waals surface area contributed by atoms with Crippen molar-refractivity contribution in [2.45, 2.75) is 25.8 Å². The van der Waals surface area contributed by atoms with Crippen molar-refractivity contribution in [1.29, 1.82) is 0 Å². The minimum Gasteiger partial charge on any atom is -0.490 e. The standard InChI is InChI=1S/C17H20FNO/c1-13(19)15-10-5-11-16(18)17(15)20-12-6-9-14-7-3-2-4-8-14/h2-5,7-8,10-11,13H,6,9,12,19H2,1H3/t13-/m0/s1. The summed E-state index contributed by atoms with van der Waals surface area (Å²) < 4.78 is 19.4. The molecule has 0 aliphatic heterocycles. The second-order valence-corrected chi connectivity index (χ2v) is 4.88. The molecule has 1 atom stereocenters. The lowest BCUT2D eigenvalue weighted by atomic mass is 10.1. The van der Waals surface area contributed by atoms with E-state index in [1.165, 1.54) is 11.6 Å². The van der Waals surface area contributed by atoms with E-state index in [1.54, 1.807) is 12.1 Å². The van der Waals surface area contributed by atoms with E-state index in [0.717, 1.165) is 12.8 Å². The second kappa shape index (κ2) is 7.06. The minimum atomic E-state index is -0.348. The number of rotatable bonds is 6.